The standard InChI is InChI=1S/C17H20N2O4/c1-21-15-4-3-12(10-16(15)22-2)13-9-14(18-11-13)17(20)19-5-7-23-8-6-19/h3-4,9-11,18H,5-8H2,1-2H3. The summed E-state index contributed by atoms with van der Waals surface area (Å²) >= 11 is 0. The van der Waals surface area contributed by atoms with Crippen molar-refractivity contribution < 1.29 is 19.0 Å². The molecule has 1 aromatic carbocycles. The molecule has 0 saturated carbocycles. The van der Waals surface area contributed by atoms with Gasteiger partial charge < -0.3 is 24.1 Å². The zero-order chi connectivity index (χ0) is 16.2. The van der Waals surface area contributed by atoms with Gasteiger partial charge in [-0.1, -0.05) is 6.07 Å². The molecule has 1 amide bonds. The van der Waals surface area contributed by atoms with Crippen molar-refractivity contribution >= 4 is 5.91 Å². The third-order valence-electron chi connectivity index (χ3n) is 3.93. The Kier molecular flexibility index (Phi) is 4.52. The highest BCUT2D eigenvalue weighted by Crippen LogP contribution is 2.32. The summed E-state index contributed by atoms with van der Waals surface area (Å²) in [6.45, 7) is 2.44. The van der Waals surface area contributed by atoms with Crippen molar-refractivity contribution in [3.8, 4) is 22.6 Å². The zero-order valence-corrected chi connectivity index (χ0v) is 13.3. The first kappa shape index (κ1) is 15.4. The lowest BCUT2D eigenvalue weighted by atomic mass is 10.1. The van der Waals surface area contributed by atoms with E-state index in [2.05, 4.69) is 4.98 Å². The molecule has 0 atom stereocenters. The first-order valence-electron chi connectivity index (χ1n) is 7.51. The second-order valence-corrected chi connectivity index (χ2v) is 5.28. The van der Waals surface area contributed by atoms with Gasteiger partial charge in [0.1, 0.15) is 5.69 Å². The van der Waals surface area contributed by atoms with E-state index in [9.17, 15) is 4.79 Å². The maximum Gasteiger partial charge on any atom is 0.270 e. The molecule has 0 bridgehead atoms. The number of carbonyl (C=O) groups is 1. The van der Waals surface area contributed by atoms with Gasteiger partial charge in [0.25, 0.3) is 5.91 Å². The molecule has 1 N–H and O–H groups in total. The van der Waals surface area contributed by atoms with Gasteiger partial charge in [0, 0.05) is 24.8 Å². The van der Waals surface area contributed by atoms with Crippen LogP contribution in [0.5, 0.6) is 11.5 Å². The van der Waals surface area contributed by atoms with Crippen molar-refractivity contribution in [2.24, 2.45) is 0 Å². The molecule has 1 aliphatic heterocycles. The van der Waals surface area contributed by atoms with Crippen LogP contribution in [0.1, 0.15) is 10.5 Å². The van der Waals surface area contributed by atoms with Crippen LogP contribution in [-0.4, -0.2) is 56.3 Å². The fraction of sp³-hybridized carbons (Fsp3) is 0.353. The van der Waals surface area contributed by atoms with E-state index in [4.69, 9.17) is 14.2 Å². The Morgan fingerprint density at radius 3 is 2.52 bits per heavy atom. The van der Waals surface area contributed by atoms with E-state index in [0.717, 1.165) is 11.1 Å². The number of H-pyrrole nitrogens is 1. The predicted molar refractivity (Wildman–Crippen MR) is 86.1 cm³/mol. The van der Waals surface area contributed by atoms with Crippen LogP contribution in [0.15, 0.2) is 30.5 Å². The van der Waals surface area contributed by atoms with Crippen molar-refractivity contribution in [2.75, 3.05) is 40.5 Å². The summed E-state index contributed by atoms with van der Waals surface area (Å²) < 4.78 is 15.8. The summed E-state index contributed by atoms with van der Waals surface area (Å²) in [5.74, 6) is 1.34. The number of amides is 1. The first-order chi connectivity index (χ1) is 11.2. The number of aromatic amines is 1. The second-order valence-electron chi connectivity index (χ2n) is 5.28. The number of benzene rings is 1. The molecule has 2 heterocycles. The first-order valence-corrected chi connectivity index (χ1v) is 7.51. The van der Waals surface area contributed by atoms with Crippen LogP contribution in [0.2, 0.25) is 0 Å². The van der Waals surface area contributed by atoms with Gasteiger partial charge in [-0.05, 0) is 23.8 Å². The average molecular weight is 316 g/mol. The Morgan fingerprint density at radius 2 is 1.83 bits per heavy atom. The Bertz CT molecular complexity index is 690. The van der Waals surface area contributed by atoms with E-state index in [1.54, 1.807) is 19.1 Å². The highest BCUT2D eigenvalue weighted by molar-refractivity contribution is 5.94. The fourth-order valence-corrected chi connectivity index (χ4v) is 2.64. The van der Waals surface area contributed by atoms with Crippen LogP contribution < -0.4 is 9.47 Å². The number of hydrogen-bond acceptors (Lipinski definition) is 4. The number of carbonyl (C=O) groups excluding carboxylic acids is 1. The molecule has 0 aliphatic carbocycles. The van der Waals surface area contributed by atoms with Crippen molar-refractivity contribution in [1.82, 2.24) is 9.88 Å². The lowest BCUT2D eigenvalue weighted by Gasteiger charge is -2.26. The molecular weight excluding hydrogens is 296 g/mol. The third kappa shape index (κ3) is 3.17. The normalized spacial score (nSPS) is 14.6. The Morgan fingerprint density at radius 1 is 1.09 bits per heavy atom. The van der Waals surface area contributed by atoms with E-state index in [1.807, 2.05) is 30.5 Å². The molecule has 6 nitrogen and oxygen atoms in total. The second kappa shape index (κ2) is 6.75. The number of nitrogens with one attached hydrogen (secondary N) is 1. The fourth-order valence-electron chi connectivity index (χ4n) is 2.64. The van der Waals surface area contributed by atoms with Crippen LogP contribution in [0.25, 0.3) is 11.1 Å². The lowest BCUT2D eigenvalue weighted by molar-refractivity contribution is 0.0299. The van der Waals surface area contributed by atoms with Crippen molar-refractivity contribution in [3.63, 3.8) is 0 Å². The molecule has 1 aliphatic rings. The van der Waals surface area contributed by atoms with Gasteiger partial charge in [0.15, 0.2) is 11.5 Å². The Balaban J connectivity index is 1.82. The Labute approximate surface area is 135 Å². The maximum atomic E-state index is 12.5. The minimum absolute atomic E-state index is 0.0000247. The molecule has 122 valence electrons. The van der Waals surface area contributed by atoms with Crippen LogP contribution in [-0.2, 0) is 4.74 Å². The summed E-state index contributed by atoms with van der Waals surface area (Å²) in [6, 6.07) is 7.54. The largest absolute Gasteiger partial charge is 0.493 e. The van der Waals surface area contributed by atoms with Crippen molar-refractivity contribution in [3.05, 3.63) is 36.2 Å². The third-order valence-corrected chi connectivity index (χ3v) is 3.93. The summed E-state index contributed by atoms with van der Waals surface area (Å²) in [6.07, 6.45) is 1.83. The minimum atomic E-state index is 0.0000247. The number of nitrogens with zero attached hydrogens (tertiary/aromatic N) is 1. The molecule has 1 saturated heterocycles. The maximum absolute atomic E-state index is 12.5. The molecule has 1 aromatic heterocycles. The minimum Gasteiger partial charge on any atom is -0.493 e. The molecule has 3 rings (SSSR count). The SMILES string of the molecule is COc1ccc(-c2c[nH]c(C(=O)N3CCOCC3)c2)cc1OC. The lowest BCUT2D eigenvalue weighted by Crippen LogP contribution is -2.40. The van der Waals surface area contributed by atoms with E-state index in [-0.39, 0.29) is 5.91 Å². The van der Waals surface area contributed by atoms with E-state index in [0.29, 0.717) is 43.5 Å². The van der Waals surface area contributed by atoms with Gasteiger partial charge in [-0.25, -0.2) is 0 Å². The van der Waals surface area contributed by atoms with Crippen LogP contribution in [0.3, 0.4) is 0 Å². The molecule has 6 heteroatoms. The van der Waals surface area contributed by atoms with Gasteiger partial charge in [-0.15, -0.1) is 0 Å². The molecule has 0 spiro atoms. The van der Waals surface area contributed by atoms with E-state index >= 15 is 0 Å². The highest BCUT2D eigenvalue weighted by Gasteiger charge is 2.20. The highest BCUT2D eigenvalue weighted by atomic mass is 16.5. The number of methoxy groups -OCH3 is 2. The smallest absolute Gasteiger partial charge is 0.270 e. The molecule has 2 aromatic rings. The van der Waals surface area contributed by atoms with Crippen LogP contribution in [0.4, 0.5) is 0 Å². The summed E-state index contributed by atoms with van der Waals surface area (Å²) in [7, 11) is 3.21. The summed E-state index contributed by atoms with van der Waals surface area (Å²) in [5.41, 5.74) is 2.47. The van der Waals surface area contributed by atoms with Gasteiger partial charge >= 0.3 is 0 Å². The van der Waals surface area contributed by atoms with Crippen molar-refractivity contribution in [2.45, 2.75) is 0 Å². The number of ether oxygens (including phenoxy) is 3. The van der Waals surface area contributed by atoms with Crippen molar-refractivity contribution in [1.29, 1.82) is 0 Å². The number of morpholine rings is 1. The molecule has 0 unspecified atom stereocenters. The van der Waals surface area contributed by atoms with Gasteiger partial charge in [-0.3, -0.25) is 4.79 Å². The quantitative estimate of drug-likeness (QED) is 0.939. The monoisotopic (exact) mass is 316 g/mol. The Hall–Kier alpha value is -2.47. The molecule has 23 heavy (non-hydrogen) atoms. The number of rotatable bonds is 4. The number of hydrogen-bond donors (Lipinski definition) is 1. The number of aromatic nitrogens is 1. The van der Waals surface area contributed by atoms with E-state index < -0.39 is 0 Å². The van der Waals surface area contributed by atoms with Crippen LogP contribution >= 0.6 is 0 Å². The summed E-state index contributed by atoms with van der Waals surface area (Å²) in [4.78, 5) is 17.3. The van der Waals surface area contributed by atoms with Crippen LogP contribution in [0, 0.1) is 0 Å². The average Bonchev–Trinajstić information content (AvgIpc) is 3.11. The van der Waals surface area contributed by atoms with E-state index in [1.165, 1.54) is 0 Å². The van der Waals surface area contributed by atoms with Gasteiger partial charge in [0.2, 0.25) is 0 Å². The topological polar surface area (TPSA) is 63.8 Å². The van der Waals surface area contributed by atoms with Gasteiger partial charge in [-0.2, -0.15) is 0 Å². The molecule has 1 fully saturated rings. The molecule has 0 radical (unpaired) electrons. The predicted octanol–water partition coefficient (Wildman–Crippen LogP) is 2.17. The van der Waals surface area contributed by atoms with Gasteiger partial charge in [0.05, 0.1) is 27.4 Å². The molecular formula is C17H20N2O4. The zero-order valence-electron chi connectivity index (χ0n) is 13.3. The summed E-state index contributed by atoms with van der Waals surface area (Å²) in [5, 5.41) is 0.